The summed E-state index contributed by atoms with van der Waals surface area (Å²) < 4.78 is 79.0. The SMILES string of the molecule is CSC[C@H](C)NC(=O)c1c(SC)cccc1C(=O)Nc1ccc(CN2NC(C(F)(F)F)=NC2C(F)(F)F)cc1C. The zero-order valence-corrected chi connectivity index (χ0v) is 23.5. The van der Waals surface area contributed by atoms with E-state index in [0.29, 0.717) is 26.9 Å². The highest BCUT2D eigenvalue weighted by molar-refractivity contribution is 7.98. The van der Waals surface area contributed by atoms with E-state index in [9.17, 15) is 35.9 Å². The van der Waals surface area contributed by atoms with Gasteiger partial charge in [0.05, 0.1) is 11.1 Å². The molecule has 0 bridgehead atoms. The number of amidine groups is 1. The number of hydrazine groups is 1. The summed E-state index contributed by atoms with van der Waals surface area (Å²) in [4.78, 5) is 29.7. The Hall–Kier alpha value is -2.91. The van der Waals surface area contributed by atoms with Gasteiger partial charge in [-0.25, -0.2) is 4.99 Å². The number of halogens is 6. The molecule has 0 aliphatic carbocycles. The van der Waals surface area contributed by atoms with Crippen molar-refractivity contribution < 1.29 is 35.9 Å². The van der Waals surface area contributed by atoms with Crippen LogP contribution >= 0.6 is 23.5 Å². The number of hydrogen-bond acceptors (Lipinski definition) is 7. The van der Waals surface area contributed by atoms with Gasteiger partial charge in [0, 0.05) is 28.9 Å². The van der Waals surface area contributed by atoms with E-state index >= 15 is 0 Å². The molecule has 3 N–H and O–H groups in total. The number of nitrogens with zero attached hydrogens (tertiary/aromatic N) is 2. The highest BCUT2D eigenvalue weighted by Gasteiger charge is 2.52. The Morgan fingerprint density at radius 2 is 1.80 bits per heavy atom. The van der Waals surface area contributed by atoms with E-state index in [2.05, 4.69) is 15.6 Å². The summed E-state index contributed by atoms with van der Waals surface area (Å²) >= 11 is 2.87. The molecular formula is C25H27F6N5O2S2. The molecule has 2 amide bonds. The number of thioether (sulfide) groups is 2. The van der Waals surface area contributed by atoms with Crippen molar-refractivity contribution in [3.05, 3.63) is 58.7 Å². The summed E-state index contributed by atoms with van der Waals surface area (Å²) in [6.45, 7) is 2.90. The molecule has 1 unspecified atom stereocenters. The van der Waals surface area contributed by atoms with Crippen molar-refractivity contribution in [2.45, 2.75) is 49.8 Å². The number of anilines is 1. The van der Waals surface area contributed by atoms with Crippen molar-refractivity contribution in [3.63, 3.8) is 0 Å². The number of aliphatic imine (C=N–C) groups is 1. The Kier molecular flexibility index (Phi) is 10.1. The molecule has 1 aliphatic heterocycles. The Morgan fingerprint density at radius 3 is 2.38 bits per heavy atom. The summed E-state index contributed by atoms with van der Waals surface area (Å²) in [5.41, 5.74) is 3.07. The third-order valence-corrected chi connectivity index (χ3v) is 7.37. The van der Waals surface area contributed by atoms with E-state index in [1.807, 2.05) is 13.2 Å². The first kappa shape index (κ1) is 31.6. The normalized spacial score (nSPS) is 16.8. The third-order valence-electron chi connectivity index (χ3n) is 5.76. The standard InChI is InChI=1S/C25H27F6N5O2S2/c1-13-10-15(11-36-23(25(29,30)31)34-22(35-36)24(26,27)28)8-9-17(13)33-20(37)16-6-5-7-18(40-4)19(16)21(38)32-14(2)12-39-3/h5-10,14,23H,11-12H2,1-4H3,(H,32,38)(H,33,37)(H,34,35)/t14-,23?/m0/s1. The van der Waals surface area contributed by atoms with Gasteiger partial charge in [-0.1, -0.05) is 18.2 Å². The minimum Gasteiger partial charge on any atom is -0.349 e. The van der Waals surface area contributed by atoms with Gasteiger partial charge in [0.15, 0.2) is 0 Å². The monoisotopic (exact) mass is 607 g/mol. The summed E-state index contributed by atoms with van der Waals surface area (Å²) in [5, 5.41) is 5.96. The first-order chi connectivity index (χ1) is 18.6. The molecule has 0 saturated heterocycles. The van der Waals surface area contributed by atoms with Gasteiger partial charge < -0.3 is 10.6 Å². The molecule has 2 aromatic rings. The minimum absolute atomic E-state index is 0.135. The largest absolute Gasteiger partial charge is 0.450 e. The van der Waals surface area contributed by atoms with Gasteiger partial charge >= 0.3 is 12.4 Å². The predicted molar refractivity (Wildman–Crippen MR) is 145 cm³/mol. The number of rotatable bonds is 9. The quantitative estimate of drug-likeness (QED) is 0.254. The smallest absolute Gasteiger partial charge is 0.349 e. The van der Waals surface area contributed by atoms with Crippen LogP contribution < -0.4 is 16.1 Å². The first-order valence-corrected chi connectivity index (χ1v) is 14.4. The number of carbonyl (C=O) groups excluding carboxylic acids is 2. The Balaban J connectivity index is 1.80. The van der Waals surface area contributed by atoms with Crippen LogP contribution in [0.1, 0.15) is 38.8 Å². The minimum atomic E-state index is -5.07. The maximum absolute atomic E-state index is 13.3. The van der Waals surface area contributed by atoms with Crippen molar-refractivity contribution in [1.29, 1.82) is 0 Å². The molecule has 7 nitrogen and oxygen atoms in total. The van der Waals surface area contributed by atoms with E-state index in [1.54, 1.807) is 42.5 Å². The molecule has 0 radical (unpaired) electrons. The molecule has 0 spiro atoms. The molecule has 2 atom stereocenters. The van der Waals surface area contributed by atoms with Crippen molar-refractivity contribution >= 4 is 46.9 Å². The van der Waals surface area contributed by atoms with Crippen molar-refractivity contribution in [3.8, 4) is 0 Å². The molecule has 0 fully saturated rings. The van der Waals surface area contributed by atoms with E-state index < -0.39 is 42.7 Å². The van der Waals surface area contributed by atoms with Crippen LogP contribution in [0, 0.1) is 6.92 Å². The molecule has 1 heterocycles. The zero-order chi connectivity index (χ0) is 29.8. The number of nitrogens with one attached hydrogen (secondary N) is 3. The van der Waals surface area contributed by atoms with E-state index in [4.69, 9.17) is 0 Å². The van der Waals surface area contributed by atoms with E-state index in [0.717, 1.165) is 0 Å². The van der Waals surface area contributed by atoms with Crippen LogP contribution in [0.4, 0.5) is 32.0 Å². The average Bonchev–Trinajstić information content (AvgIpc) is 3.30. The fourth-order valence-corrected chi connectivity index (χ4v) is 5.20. The molecule has 218 valence electrons. The summed E-state index contributed by atoms with van der Waals surface area (Å²) in [5.74, 6) is -2.02. The number of hydrogen-bond donors (Lipinski definition) is 3. The second-order valence-electron chi connectivity index (χ2n) is 8.95. The van der Waals surface area contributed by atoms with Crippen molar-refractivity contribution in [1.82, 2.24) is 15.8 Å². The molecule has 0 aromatic heterocycles. The number of carbonyl (C=O) groups is 2. The van der Waals surface area contributed by atoms with Crippen LogP contribution in [0.15, 0.2) is 46.3 Å². The summed E-state index contributed by atoms with van der Waals surface area (Å²) in [7, 11) is 0. The van der Waals surface area contributed by atoms with Gasteiger partial charge in [-0.2, -0.15) is 43.1 Å². The van der Waals surface area contributed by atoms with Gasteiger partial charge in [0.1, 0.15) is 0 Å². The van der Waals surface area contributed by atoms with Gasteiger partial charge in [-0.3, -0.25) is 15.0 Å². The lowest BCUT2D eigenvalue weighted by molar-refractivity contribution is -0.183. The first-order valence-electron chi connectivity index (χ1n) is 11.8. The molecule has 15 heteroatoms. The van der Waals surface area contributed by atoms with Gasteiger partial charge in [0.25, 0.3) is 11.8 Å². The Bertz CT molecular complexity index is 1290. The molecule has 3 rings (SSSR count). The molecular weight excluding hydrogens is 580 g/mol. The maximum Gasteiger partial charge on any atom is 0.450 e. The zero-order valence-electron chi connectivity index (χ0n) is 21.8. The lowest BCUT2D eigenvalue weighted by Crippen LogP contribution is -2.48. The number of benzene rings is 2. The number of amides is 2. The van der Waals surface area contributed by atoms with Gasteiger partial charge in [0.2, 0.25) is 12.0 Å². The number of aryl methyl sites for hydroxylation is 1. The van der Waals surface area contributed by atoms with Crippen LogP contribution in [0.5, 0.6) is 0 Å². The van der Waals surface area contributed by atoms with Crippen LogP contribution in [-0.2, 0) is 6.54 Å². The topological polar surface area (TPSA) is 85.8 Å². The second kappa shape index (κ2) is 12.7. The predicted octanol–water partition coefficient (Wildman–Crippen LogP) is 5.62. The fraction of sp³-hybridized carbons (Fsp3) is 0.400. The lowest BCUT2D eigenvalue weighted by Gasteiger charge is -2.25. The number of alkyl halides is 6. The van der Waals surface area contributed by atoms with Crippen LogP contribution in [0.3, 0.4) is 0 Å². The molecule has 1 aliphatic rings. The Morgan fingerprint density at radius 1 is 1.10 bits per heavy atom. The van der Waals surface area contributed by atoms with Crippen LogP contribution in [0.2, 0.25) is 0 Å². The van der Waals surface area contributed by atoms with Gasteiger partial charge in [-0.05, 0) is 55.7 Å². The third kappa shape index (κ3) is 7.63. The van der Waals surface area contributed by atoms with Crippen LogP contribution in [0.25, 0.3) is 0 Å². The summed E-state index contributed by atoms with van der Waals surface area (Å²) in [6, 6.07) is 9.03. The van der Waals surface area contributed by atoms with Crippen molar-refractivity contribution in [2.75, 3.05) is 23.6 Å². The van der Waals surface area contributed by atoms with Crippen LogP contribution in [-0.4, -0.2) is 65.5 Å². The molecule has 2 aromatic carbocycles. The maximum atomic E-state index is 13.3. The Labute approximate surface area is 235 Å². The second-order valence-corrected chi connectivity index (χ2v) is 10.7. The summed E-state index contributed by atoms with van der Waals surface area (Å²) in [6.07, 6.45) is -9.13. The lowest BCUT2D eigenvalue weighted by atomic mass is 10.0. The van der Waals surface area contributed by atoms with Gasteiger partial charge in [-0.15, -0.1) is 11.8 Å². The fourth-order valence-electron chi connectivity index (χ4n) is 3.99. The van der Waals surface area contributed by atoms with E-state index in [-0.39, 0.29) is 22.7 Å². The molecule has 0 saturated carbocycles. The van der Waals surface area contributed by atoms with E-state index in [1.165, 1.54) is 36.0 Å². The highest BCUT2D eigenvalue weighted by Crippen LogP contribution is 2.32. The molecule has 40 heavy (non-hydrogen) atoms. The van der Waals surface area contributed by atoms with Crippen molar-refractivity contribution in [2.24, 2.45) is 4.99 Å². The highest BCUT2D eigenvalue weighted by atomic mass is 32.2. The average molecular weight is 608 g/mol.